The quantitative estimate of drug-likeness (QED) is 0.461. The lowest BCUT2D eigenvalue weighted by atomic mass is 10.1. The predicted molar refractivity (Wildman–Crippen MR) is 129 cm³/mol. The third-order valence-electron chi connectivity index (χ3n) is 6.06. The zero-order valence-electron chi connectivity index (χ0n) is 18.6. The Labute approximate surface area is 197 Å². The van der Waals surface area contributed by atoms with Gasteiger partial charge in [0.25, 0.3) is 0 Å². The van der Waals surface area contributed by atoms with E-state index in [9.17, 15) is 17.6 Å². The Bertz CT molecular complexity index is 1270. The second-order valence-electron chi connectivity index (χ2n) is 8.31. The summed E-state index contributed by atoms with van der Waals surface area (Å²) in [6.45, 7) is 3.95. The molecule has 0 spiro atoms. The summed E-state index contributed by atoms with van der Waals surface area (Å²) in [5.41, 5.74) is 1.41. The van der Waals surface area contributed by atoms with Crippen LogP contribution in [-0.4, -0.2) is 58.8 Å². The lowest BCUT2D eigenvalue weighted by Gasteiger charge is -2.33. The molecule has 6 nitrogen and oxygen atoms in total. The number of amides is 1. The molecule has 0 bridgehead atoms. The largest absolute Gasteiger partial charge is 0.335 e. The average Bonchev–Trinajstić information content (AvgIpc) is 3.17. The molecule has 1 aromatic heterocycles. The molecular formula is C24H26FN3O3S2. The van der Waals surface area contributed by atoms with E-state index >= 15 is 0 Å². The van der Waals surface area contributed by atoms with Crippen LogP contribution >= 0.6 is 11.8 Å². The fraction of sp³-hybridized carbons (Fsp3) is 0.375. The van der Waals surface area contributed by atoms with Gasteiger partial charge in [-0.2, -0.15) is 0 Å². The molecule has 0 unspecified atom stereocenters. The van der Waals surface area contributed by atoms with E-state index in [1.165, 1.54) is 23.9 Å². The maximum atomic E-state index is 13.3. The predicted octanol–water partition coefficient (Wildman–Crippen LogP) is 4.34. The number of thioether (sulfide) groups is 1. The van der Waals surface area contributed by atoms with Crippen LogP contribution in [0.1, 0.15) is 26.7 Å². The topological polar surface area (TPSA) is 80.2 Å². The van der Waals surface area contributed by atoms with Crippen molar-refractivity contribution >= 4 is 38.3 Å². The summed E-state index contributed by atoms with van der Waals surface area (Å²) in [5.74, 6) is -0.0998. The maximum absolute atomic E-state index is 13.3. The van der Waals surface area contributed by atoms with Crippen molar-refractivity contribution in [1.82, 2.24) is 15.1 Å². The molecule has 1 aliphatic rings. The van der Waals surface area contributed by atoms with Crippen molar-refractivity contribution in [1.29, 1.82) is 0 Å². The Balaban J connectivity index is 1.58. The second-order valence-corrected chi connectivity index (χ2v) is 11.5. The number of rotatable bonds is 7. The van der Waals surface area contributed by atoms with E-state index in [1.807, 2.05) is 38.1 Å². The molecule has 0 aliphatic carbocycles. The molecule has 33 heavy (non-hydrogen) atoms. The summed E-state index contributed by atoms with van der Waals surface area (Å²) >= 11 is 1.31. The van der Waals surface area contributed by atoms with Crippen molar-refractivity contribution in [2.24, 2.45) is 0 Å². The fourth-order valence-corrected chi connectivity index (χ4v) is 6.76. The van der Waals surface area contributed by atoms with E-state index in [-0.39, 0.29) is 41.1 Å². The van der Waals surface area contributed by atoms with Crippen LogP contribution in [0.15, 0.2) is 53.6 Å². The molecular weight excluding hydrogens is 461 g/mol. The summed E-state index contributed by atoms with van der Waals surface area (Å²) in [6.07, 6.45) is 1.24. The summed E-state index contributed by atoms with van der Waals surface area (Å²) in [5, 5.41) is 11.1. The van der Waals surface area contributed by atoms with Crippen LogP contribution < -0.4 is 0 Å². The molecule has 2 heterocycles. The highest BCUT2D eigenvalue weighted by molar-refractivity contribution is 8.00. The third-order valence-corrected chi connectivity index (χ3v) is 8.78. The van der Waals surface area contributed by atoms with E-state index < -0.39 is 9.84 Å². The number of halogens is 1. The first kappa shape index (κ1) is 23.6. The molecule has 2 aromatic carbocycles. The Kier molecular flexibility index (Phi) is 6.99. The van der Waals surface area contributed by atoms with Crippen LogP contribution in [0.25, 0.3) is 22.0 Å². The van der Waals surface area contributed by atoms with E-state index in [0.29, 0.717) is 17.1 Å². The number of carbonyl (C=O) groups is 1. The molecule has 1 amide bonds. The SMILES string of the molecule is CC[C@H](C)N(C(=O)CSc1nnc(-c2ccc(F)cc2)c2ccccc12)[C@H]1CCS(=O)(=O)C1. The second kappa shape index (κ2) is 9.77. The number of nitrogens with zero attached hydrogens (tertiary/aromatic N) is 3. The molecule has 0 N–H and O–H groups in total. The van der Waals surface area contributed by atoms with E-state index in [0.717, 1.165) is 22.8 Å². The number of sulfone groups is 1. The van der Waals surface area contributed by atoms with Gasteiger partial charge in [-0.25, -0.2) is 12.8 Å². The number of fused-ring (bicyclic) bond motifs is 1. The summed E-state index contributed by atoms with van der Waals surface area (Å²) in [7, 11) is -3.09. The smallest absolute Gasteiger partial charge is 0.233 e. The molecule has 1 aliphatic heterocycles. The Morgan fingerprint density at radius 3 is 2.48 bits per heavy atom. The molecule has 4 rings (SSSR count). The van der Waals surface area contributed by atoms with Gasteiger partial charge in [0.1, 0.15) is 16.5 Å². The number of hydrogen-bond donors (Lipinski definition) is 0. The van der Waals surface area contributed by atoms with E-state index in [4.69, 9.17) is 0 Å². The van der Waals surface area contributed by atoms with Crippen LogP contribution in [0, 0.1) is 5.82 Å². The Morgan fingerprint density at radius 1 is 1.15 bits per heavy atom. The molecule has 1 fully saturated rings. The van der Waals surface area contributed by atoms with Crippen molar-refractivity contribution in [3.63, 3.8) is 0 Å². The number of hydrogen-bond acceptors (Lipinski definition) is 6. The van der Waals surface area contributed by atoms with Gasteiger partial charge in [-0.15, -0.1) is 10.2 Å². The van der Waals surface area contributed by atoms with Crippen LogP contribution in [0.2, 0.25) is 0 Å². The molecule has 0 saturated carbocycles. The standard InChI is InChI=1S/C24H26FN3O3S2/c1-3-16(2)28(19-12-13-33(30,31)15-19)22(29)14-32-24-21-7-5-4-6-20(21)23(26-27-24)17-8-10-18(25)11-9-17/h4-11,16,19H,3,12-15H2,1-2H3/t16-,19-/m0/s1. The lowest BCUT2D eigenvalue weighted by molar-refractivity contribution is -0.132. The van der Waals surface area contributed by atoms with Gasteiger partial charge in [-0.1, -0.05) is 43.0 Å². The van der Waals surface area contributed by atoms with Crippen molar-refractivity contribution in [3.8, 4) is 11.3 Å². The van der Waals surface area contributed by atoms with Crippen molar-refractivity contribution < 1.29 is 17.6 Å². The van der Waals surface area contributed by atoms with Crippen LogP contribution in [0.5, 0.6) is 0 Å². The van der Waals surface area contributed by atoms with Crippen LogP contribution in [-0.2, 0) is 14.6 Å². The van der Waals surface area contributed by atoms with Crippen LogP contribution in [0.4, 0.5) is 4.39 Å². The van der Waals surface area contributed by atoms with Gasteiger partial charge in [0.05, 0.1) is 17.3 Å². The highest BCUT2D eigenvalue weighted by Crippen LogP contribution is 2.32. The minimum atomic E-state index is -3.09. The molecule has 174 valence electrons. The van der Waals surface area contributed by atoms with E-state index in [2.05, 4.69) is 10.2 Å². The first-order chi connectivity index (χ1) is 15.8. The molecule has 0 radical (unpaired) electrons. The summed E-state index contributed by atoms with van der Waals surface area (Å²) in [6, 6.07) is 13.5. The minimum absolute atomic E-state index is 0.0306. The lowest BCUT2D eigenvalue weighted by Crippen LogP contribution is -2.47. The monoisotopic (exact) mass is 487 g/mol. The first-order valence-electron chi connectivity index (χ1n) is 10.9. The average molecular weight is 488 g/mol. The minimum Gasteiger partial charge on any atom is -0.335 e. The normalized spacial score (nSPS) is 18.3. The number of benzene rings is 2. The Morgan fingerprint density at radius 2 is 1.85 bits per heavy atom. The van der Waals surface area contributed by atoms with Gasteiger partial charge in [-0.3, -0.25) is 4.79 Å². The van der Waals surface area contributed by atoms with Crippen molar-refractivity contribution in [2.75, 3.05) is 17.3 Å². The van der Waals surface area contributed by atoms with Gasteiger partial charge in [0.2, 0.25) is 5.91 Å². The van der Waals surface area contributed by atoms with Gasteiger partial charge in [-0.05, 0) is 44.0 Å². The summed E-state index contributed by atoms with van der Waals surface area (Å²) in [4.78, 5) is 14.9. The van der Waals surface area contributed by atoms with E-state index in [1.54, 1.807) is 17.0 Å². The number of aromatic nitrogens is 2. The first-order valence-corrected chi connectivity index (χ1v) is 13.8. The highest BCUT2D eigenvalue weighted by Gasteiger charge is 2.36. The molecule has 2 atom stereocenters. The zero-order valence-corrected chi connectivity index (χ0v) is 20.2. The molecule has 9 heteroatoms. The van der Waals surface area contributed by atoms with Gasteiger partial charge < -0.3 is 4.90 Å². The molecule has 1 saturated heterocycles. The van der Waals surface area contributed by atoms with Gasteiger partial charge >= 0.3 is 0 Å². The van der Waals surface area contributed by atoms with Gasteiger partial charge in [0, 0.05) is 28.4 Å². The molecule has 3 aromatic rings. The highest BCUT2D eigenvalue weighted by atomic mass is 32.2. The maximum Gasteiger partial charge on any atom is 0.233 e. The summed E-state index contributed by atoms with van der Waals surface area (Å²) < 4.78 is 37.3. The third kappa shape index (κ3) is 5.19. The Hall–Kier alpha value is -2.52. The van der Waals surface area contributed by atoms with Gasteiger partial charge in [0.15, 0.2) is 9.84 Å². The van der Waals surface area contributed by atoms with Crippen LogP contribution in [0.3, 0.4) is 0 Å². The van der Waals surface area contributed by atoms with Crippen molar-refractivity contribution in [3.05, 3.63) is 54.3 Å². The number of carbonyl (C=O) groups excluding carboxylic acids is 1. The fourth-order valence-electron chi connectivity index (χ4n) is 4.21. The zero-order chi connectivity index (χ0) is 23.6. The van der Waals surface area contributed by atoms with Crippen molar-refractivity contribution in [2.45, 2.75) is 43.8 Å².